The SMILES string of the molecule is CCc1cn(Cc2cccnc2C(N)=S)c(=O)[nH]c1=O. The van der Waals surface area contributed by atoms with Gasteiger partial charge < -0.3 is 5.73 Å². The summed E-state index contributed by atoms with van der Waals surface area (Å²) >= 11 is 4.94. The molecule has 0 unspecified atom stereocenters. The normalized spacial score (nSPS) is 10.4. The Morgan fingerprint density at radius 1 is 1.45 bits per heavy atom. The zero-order chi connectivity index (χ0) is 14.7. The van der Waals surface area contributed by atoms with Gasteiger partial charge in [-0.3, -0.25) is 19.3 Å². The van der Waals surface area contributed by atoms with Crippen LogP contribution in [0.4, 0.5) is 0 Å². The van der Waals surface area contributed by atoms with Crippen LogP contribution in [-0.4, -0.2) is 19.5 Å². The van der Waals surface area contributed by atoms with E-state index < -0.39 is 5.69 Å². The summed E-state index contributed by atoms with van der Waals surface area (Å²) in [6, 6.07) is 3.54. The van der Waals surface area contributed by atoms with Crippen molar-refractivity contribution in [3.63, 3.8) is 0 Å². The molecule has 7 heteroatoms. The fourth-order valence-corrected chi connectivity index (χ4v) is 2.08. The van der Waals surface area contributed by atoms with Gasteiger partial charge in [0.15, 0.2) is 0 Å². The Bertz CT molecular complexity index is 763. The monoisotopic (exact) mass is 290 g/mol. The zero-order valence-corrected chi connectivity index (χ0v) is 11.7. The van der Waals surface area contributed by atoms with Crippen molar-refractivity contribution in [3.8, 4) is 0 Å². The molecule has 0 atom stereocenters. The molecule has 0 spiro atoms. The maximum absolute atomic E-state index is 11.8. The molecule has 104 valence electrons. The van der Waals surface area contributed by atoms with Crippen LogP contribution in [-0.2, 0) is 13.0 Å². The summed E-state index contributed by atoms with van der Waals surface area (Å²) in [7, 11) is 0. The van der Waals surface area contributed by atoms with E-state index in [9.17, 15) is 9.59 Å². The molecule has 20 heavy (non-hydrogen) atoms. The van der Waals surface area contributed by atoms with E-state index in [1.807, 2.05) is 6.92 Å². The summed E-state index contributed by atoms with van der Waals surface area (Å²) < 4.78 is 1.42. The first-order valence-electron chi connectivity index (χ1n) is 6.09. The van der Waals surface area contributed by atoms with E-state index in [1.54, 1.807) is 24.5 Å². The van der Waals surface area contributed by atoms with Gasteiger partial charge in [-0.05, 0) is 12.5 Å². The van der Waals surface area contributed by atoms with Gasteiger partial charge >= 0.3 is 5.69 Å². The van der Waals surface area contributed by atoms with Crippen LogP contribution in [0.3, 0.4) is 0 Å². The van der Waals surface area contributed by atoms with Crippen molar-refractivity contribution in [1.82, 2.24) is 14.5 Å². The number of pyridine rings is 1. The molecule has 0 saturated heterocycles. The summed E-state index contributed by atoms with van der Waals surface area (Å²) in [5.74, 6) is 0. The van der Waals surface area contributed by atoms with E-state index in [2.05, 4.69) is 9.97 Å². The van der Waals surface area contributed by atoms with Crippen LogP contribution in [0.15, 0.2) is 34.1 Å². The lowest BCUT2D eigenvalue weighted by Gasteiger charge is -2.10. The second-order valence-corrected chi connectivity index (χ2v) is 4.71. The molecule has 0 aliphatic rings. The Labute approximate surface area is 120 Å². The largest absolute Gasteiger partial charge is 0.388 e. The molecule has 0 aliphatic carbocycles. The highest BCUT2D eigenvalue weighted by Crippen LogP contribution is 2.06. The third-order valence-corrected chi connectivity index (χ3v) is 3.12. The predicted octanol–water partition coefficient (Wildman–Crippen LogP) is 0.177. The predicted molar refractivity (Wildman–Crippen MR) is 79.9 cm³/mol. The maximum Gasteiger partial charge on any atom is 0.328 e. The number of nitrogens with one attached hydrogen (secondary N) is 1. The average molecular weight is 290 g/mol. The lowest BCUT2D eigenvalue weighted by molar-refractivity contribution is 0.704. The van der Waals surface area contributed by atoms with E-state index in [0.717, 1.165) is 5.56 Å². The summed E-state index contributed by atoms with van der Waals surface area (Å²) in [4.78, 5) is 29.9. The van der Waals surface area contributed by atoms with Gasteiger partial charge in [0.2, 0.25) is 0 Å². The molecule has 0 bridgehead atoms. The van der Waals surface area contributed by atoms with Crippen molar-refractivity contribution in [1.29, 1.82) is 0 Å². The zero-order valence-electron chi connectivity index (χ0n) is 10.9. The average Bonchev–Trinajstić information content (AvgIpc) is 2.42. The van der Waals surface area contributed by atoms with Crippen LogP contribution >= 0.6 is 12.2 Å². The number of aromatic nitrogens is 3. The number of aryl methyl sites for hydroxylation is 1. The highest BCUT2D eigenvalue weighted by Gasteiger charge is 2.09. The number of aromatic amines is 1. The highest BCUT2D eigenvalue weighted by atomic mass is 32.1. The first kappa shape index (κ1) is 14.1. The number of nitrogens with zero attached hydrogens (tertiary/aromatic N) is 2. The molecule has 0 amide bonds. The number of hydrogen-bond acceptors (Lipinski definition) is 4. The van der Waals surface area contributed by atoms with Crippen LogP contribution in [0.25, 0.3) is 0 Å². The second-order valence-electron chi connectivity index (χ2n) is 4.27. The quantitative estimate of drug-likeness (QED) is 0.783. The molecular weight excluding hydrogens is 276 g/mol. The van der Waals surface area contributed by atoms with Crippen molar-refractivity contribution in [2.75, 3.05) is 0 Å². The molecule has 2 aromatic heterocycles. The van der Waals surface area contributed by atoms with Gasteiger partial charge in [-0.15, -0.1) is 0 Å². The van der Waals surface area contributed by atoms with Gasteiger partial charge in [-0.25, -0.2) is 4.79 Å². The van der Waals surface area contributed by atoms with E-state index in [1.165, 1.54) is 4.57 Å². The molecule has 6 nitrogen and oxygen atoms in total. The van der Waals surface area contributed by atoms with Crippen molar-refractivity contribution >= 4 is 17.2 Å². The van der Waals surface area contributed by atoms with E-state index in [-0.39, 0.29) is 17.1 Å². The van der Waals surface area contributed by atoms with Crippen LogP contribution in [0.5, 0.6) is 0 Å². The van der Waals surface area contributed by atoms with Crippen LogP contribution in [0.2, 0.25) is 0 Å². The van der Waals surface area contributed by atoms with E-state index >= 15 is 0 Å². The topological polar surface area (TPSA) is 93.8 Å². The molecule has 0 aromatic carbocycles. The minimum Gasteiger partial charge on any atom is -0.388 e. The standard InChI is InChI=1S/C13H14N4O2S/c1-2-8-6-17(13(19)16-12(8)18)7-9-4-3-5-15-10(9)11(14)20/h3-6H,2,7H2,1H3,(H2,14,20)(H,16,18,19). The fourth-order valence-electron chi connectivity index (χ4n) is 1.90. The van der Waals surface area contributed by atoms with Crippen molar-refractivity contribution in [2.45, 2.75) is 19.9 Å². The Kier molecular flexibility index (Phi) is 4.09. The van der Waals surface area contributed by atoms with Gasteiger partial charge in [-0.1, -0.05) is 25.2 Å². The molecule has 2 rings (SSSR count). The van der Waals surface area contributed by atoms with Gasteiger partial charge in [0.25, 0.3) is 5.56 Å². The number of rotatable bonds is 4. The van der Waals surface area contributed by atoms with Crippen molar-refractivity contribution in [2.24, 2.45) is 5.73 Å². The molecule has 0 radical (unpaired) electrons. The Morgan fingerprint density at radius 2 is 2.20 bits per heavy atom. The summed E-state index contributed by atoms with van der Waals surface area (Å²) in [6.07, 6.45) is 3.69. The van der Waals surface area contributed by atoms with Crippen molar-refractivity contribution < 1.29 is 0 Å². The second kappa shape index (κ2) is 5.79. The first-order valence-corrected chi connectivity index (χ1v) is 6.50. The number of H-pyrrole nitrogens is 1. The number of hydrogen-bond donors (Lipinski definition) is 2. The van der Waals surface area contributed by atoms with E-state index in [4.69, 9.17) is 18.0 Å². The minimum atomic E-state index is -0.468. The Morgan fingerprint density at radius 3 is 2.85 bits per heavy atom. The minimum absolute atomic E-state index is 0.175. The molecule has 2 aromatic rings. The summed E-state index contributed by atoms with van der Waals surface area (Å²) in [5, 5.41) is 0. The van der Waals surface area contributed by atoms with Gasteiger partial charge in [0.1, 0.15) is 10.7 Å². The summed E-state index contributed by atoms with van der Waals surface area (Å²) in [6.45, 7) is 2.10. The van der Waals surface area contributed by atoms with Crippen LogP contribution in [0.1, 0.15) is 23.7 Å². The highest BCUT2D eigenvalue weighted by molar-refractivity contribution is 7.80. The van der Waals surface area contributed by atoms with Crippen LogP contribution < -0.4 is 17.0 Å². The molecule has 0 saturated carbocycles. The maximum atomic E-state index is 11.8. The van der Waals surface area contributed by atoms with Crippen molar-refractivity contribution in [3.05, 3.63) is 62.2 Å². The third kappa shape index (κ3) is 2.83. The fraction of sp³-hybridized carbons (Fsp3) is 0.231. The molecule has 0 aliphatic heterocycles. The molecule has 3 N–H and O–H groups in total. The van der Waals surface area contributed by atoms with Gasteiger partial charge in [0, 0.05) is 23.5 Å². The van der Waals surface area contributed by atoms with Gasteiger partial charge in [-0.2, -0.15) is 0 Å². The lowest BCUT2D eigenvalue weighted by Crippen LogP contribution is -2.32. The molecular formula is C13H14N4O2S. The lowest BCUT2D eigenvalue weighted by atomic mass is 10.2. The van der Waals surface area contributed by atoms with E-state index in [0.29, 0.717) is 17.7 Å². The van der Waals surface area contributed by atoms with Crippen LogP contribution in [0, 0.1) is 0 Å². The Balaban J connectivity index is 2.48. The molecule has 2 heterocycles. The Hall–Kier alpha value is -2.28. The van der Waals surface area contributed by atoms with Gasteiger partial charge in [0.05, 0.1) is 6.54 Å². The third-order valence-electron chi connectivity index (χ3n) is 2.93. The number of nitrogens with two attached hydrogens (primary N) is 1. The number of thiocarbonyl (C=S) groups is 1. The molecule has 0 fully saturated rings. The smallest absolute Gasteiger partial charge is 0.328 e. The first-order chi connectivity index (χ1) is 9.52. The summed E-state index contributed by atoms with van der Waals surface area (Å²) in [5.41, 5.74) is 6.55.